The van der Waals surface area contributed by atoms with Crippen LogP contribution in [0.4, 0.5) is 0 Å². The number of piperidine rings is 1. The van der Waals surface area contributed by atoms with Gasteiger partial charge in [0.15, 0.2) is 5.78 Å². The van der Waals surface area contributed by atoms with Gasteiger partial charge >= 0.3 is 0 Å². The third kappa shape index (κ3) is 5.65. The summed E-state index contributed by atoms with van der Waals surface area (Å²) in [6.07, 6.45) is 8.16. The summed E-state index contributed by atoms with van der Waals surface area (Å²) >= 11 is 0. The number of carbonyl (C=O) groups is 1. The molecule has 31 heavy (non-hydrogen) atoms. The Labute approximate surface area is 184 Å². The topological polar surface area (TPSA) is 49.8 Å². The molecule has 1 aliphatic carbocycles. The van der Waals surface area contributed by atoms with Crippen molar-refractivity contribution in [3.63, 3.8) is 0 Å². The van der Waals surface area contributed by atoms with Crippen molar-refractivity contribution in [2.75, 3.05) is 26.2 Å². The van der Waals surface area contributed by atoms with Crippen molar-refractivity contribution < 1.29 is 14.6 Å². The molecule has 2 aliphatic rings. The van der Waals surface area contributed by atoms with E-state index in [1.54, 1.807) is 12.1 Å². The van der Waals surface area contributed by atoms with Crippen LogP contribution in [0.2, 0.25) is 0 Å². The van der Waals surface area contributed by atoms with Crippen LogP contribution in [-0.4, -0.2) is 42.0 Å². The molecule has 0 spiro atoms. The van der Waals surface area contributed by atoms with E-state index in [4.69, 9.17) is 4.74 Å². The van der Waals surface area contributed by atoms with Crippen molar-refractivity contribution in [2.45, 2.75) is 38.5 Å². The van der Waals surface area contributed by atoms with Crippen molar-refractivity contribution in [2.24, 2.45) is 0 Å². The maximum atomic E-state index is 12.8. The van der Waals surface area contributed by atoms with Crippen molar-refractivity contribution in [1.82, 2.24) is 4.90 Å². The highest BCUT2D eigenvalue weighted by molar-refractivity contribution is 6.09. The molecule has 0 amide bonds. The second kappa shape index (κ2) is 10.5. The van der Waals surface area contributed by atoms with E-state index in [2.05, 4.69) is 4.90 Å². The van der Waals surface area contributed by atoms with Gasteiger partial charge in [0.1, 0.15) is 18.1 Å². The number of likely N-dealkylation sites (tertiary alicyclic amines) is 1. The van der Waals surface area contributed by atoms with Gasteiger partial charge in [-0.1, -0.05) is 48.9 Å². The third-order valence-corrected chi connectivity index (χ3v) is 6.12. The number of benzene rings is 2. The molecule has 0 aromatic heterocycles. The molecule has 0 unspecified atom stereocenters. The number of aliphatic hydroxyl groups excluding tert-OH is 1. The van der Waals surface area contributed by atoms with Crippen LogP contribution in [0, 0.1) is 0 Å². The molecule has 162 valence electrons. The first-order valence-electron chi connectivity index (χ1n) is 11.4. The summed E-state index contributed by atoms with van der Waals surface area (Å²) in [7, 11) is 0. The fourth-order valence-corrected chi connectivity index (χ4v) is 4.35. The largest absolute Gasteiger partial charge is 0.507 e. The summed E-state index contributed by atoms with van der Waals surface area (Å²) in [4.78, 5) is 15.3. The molecule has 0 radical (unpaired) electrons. The Morgan fingerprint density at radius 1 is 0.935 bits per heavy atom. The number of rotatable bonds is 7. The predicted octanol–water partition coefficient (Wildman–Crippen LogP) is 5.81. The quantitative estimate of drug-likeness (QED) is 0.577. The lowest BCUT2D eigenvalue weighted by Crippen LogP contribution is -2.33. The average Bonchev–Trinajstić information content (AvgIpc) is 2.82. The number of aliphatic hydroxyl groups is 1. The summed E-state index contributed by atoms with van der Waals surface area (Å²) in [5.74, 6) is 0.922. The maximum absolute atomic E-state index is 12.8. The number of hydrogen-bond acceptors (Lipinski definition) is 4. The smallest absolute Gasteiger partial charge is 0.192 e. The Morgan fingerprint density at radius 2 is 1.68 bits per heavy atom. The molecular weight excluding hydrogens is 386 g/mol. The fourth-order valence-electron chi connectivity index (χ4n) is 4.35. The van der Waals surface area contributed by atoms with Gasteiger partial charge in [0.25, 0.3) is 0 Å². The second-order valence-electron chi connectivity index (χ2n) is 8.37. The van der Waals surface area contributed by atoms with Crippen LogP contribution in [-0.2, 0) is 0 Å². The van der Waals surface area contributed by atoms with Crippen LogP contribution >= 0.6 is 0 Å². The van der Waals surface area contributed by atoms with Gasteiger partial charge in [-0.3, -0.25) is 9.69 Å². The van der Waals surface area contributed by atoms with Crippen LogP contribution in [0.1, 0.15) is 54.4 Å². The molecule has 0 bridgehead atoms. The number of allylic oxidation sites excluding steroid dienone is 2. The Kier molecular flexibility index (Phi) is 7.21. The number of hydrogen-bond donors (Lipinski definition) is 1. The van der Waals surface area contributed by atoms with Crippen molar-refractivity contribution in [1.29, 1.82) is 0 Å². The summed E-state index contributed by atoms with van der Waals surface area (Å²) in [5, 5.41) is 10.8. The average molecular weight is 418 g/mol. The van der Waals surface area contributed by atoms with Gasteiger partial charge in [0.2, 0.25) is 0 Å². The molecule has 0 atom stereocenters. The van der Waals surface area contributed by atoms with E-state index in [1.165, 1.54) is 32.4 Å². The van der Waals surface area contributed by atoms with E-state index in [9.17, 15) is 9.90 Å². The summed E-state index contributed by atoms with van der Waals surface area (Å²) in [6.45, 7) is 4.04. The zero-order chi connectivity index (χ0) is 21.5. The minimum atomic E-state index is -0.0823. The number of ether oxygens (including phenoxy) is 1. The molecule has 1 heterocycles. The summed E-state index contributed by atoms with van der Waals surface area (Å²) in [6, 6.07) is 17.1. The first-order valence-corrected chi connectivity index (χ1v) is 11.4. The normalized spacial score (nSPS) is 18.9. The second-order valence-corrected chi connectivity index (χ2v) is 8.37. The van der Waals surface area contributed by atoms with Gasteiger partial charge in [-0.2, -0.15) is 0 Å². The van der Waals surface area contributed by atoms with Gasteiger partial charge in [0, 0.05) is 17.7 Å². The van der Waals surface area contributed by atoms with Crippen LogP contribution in [0.15, 0.2) is 71.5 Å². The summed E-state index contributed by atoms with van der Waals surface area (Å²) in [5.41, 5.74) is 2.96. The molecule has 1 saturated heterocycles. The van der Waals surface area contributed by atoms with E-state index in [0.717, 1.165) is 36.3 Å². The predicted molar refractivity (Wildman–Crippen MR) is 124 cm³/mol. The molecule has 4 nitrogen and oxygen atoms in total. The molecular formula is C27H31NO3. The molecule has 4 rings (SSSR count). The molecule has 4 heteroatoms. The number of Topliss-reactive ketones (excluding diaryl/α,β-unsaturated/α-hetero) is 1. The lowest BCUT2D eigenvalue weighted by atomic mass is 9.88. The van der Waals surface area contributed by atoms with Crippen LogP contribution in [0.3, 0.4) is 0 Å². The minimum Gasteiger partial charge on any atom is -0.507 e. The standard InChI is InChI=1S/C27H31NO3/c29-26(22-8-3-1-4-9-22)25-11-7-10-23(27(25)30)20-21-12-14-24(15-13-21)31-19-18-28-16-5-2-6-17-28/h1,3-4,8-9,12-15,20,30H,2,5-7,10-11,16-19H2/b23-20-. The number of ketones is 1. The SMILES string of the molecule is O=C(C1=C(O)/C(=C\c2ccc(OCCN3CCCCC3)cc2)CCC1)c1ccccc1. The van der Waals surface area contributed by atoms with Gasteiger partial charge < -0.3 is 9.84 Å². The fraction of sp³-hybridized carbons (Fsp3) is 0.370. The molecule has 1 N–H and O–H groups in total. The van der Waals surface area contributed by atoms with Crippen LogP contribution in [0.5, 0.6) is 5.75 Å². The van der Waals surface area contributed by atoms with Crippen LogP contribution in [0.25, 0.3) is 6.08 Å². The molecule has 2 aromatic carbocycles. The first-order chi connectivity index (χ1) is 15.2. The number of nitrogens with zero attached hydrogens (tertiary/aromatic N) is 1. The van der Waals surface area contributed by atoms with Gasteiger partial charge in [-0.05, 0) is 74.5 Å². The van der Waals surface area contributed by atoms with E-state index in [-0.39, 0.29) is 11.5 Å². The first kappa shape index (κ1) is 21.4. The third-order valence-electron chi connectivity index (χ3n) is 6.12. The van der Waals surface area contributed by atoms with Gasteiger partial charge in [-0.15, -0.1) is 0 Å². The van der Waals surface area contributed by atoms with Gasteiger partial charge in [0.05, 0.1) is 0 Å². The highest BCUT2D eigenvalue weighted by Gasteiger charge is 2.23. The minimum absolute atomic E-state index is 0.0823. The maximum Gasteiger partial charge on any atom is 0.192 e. The number of carbonyl (C=O) groups excluding carboxylic acids is 1. The molecule has 0 saturated carbocycles. The van der Waals surface area contributed by atoms with Crippen molar-refractivity contribution in [3.05, 3.63) is 82.6 Å². The zero-order valence-corrected chi connectivity index (χ0v) is 18.1. The Bertz CT molecular complexity index is 938. The lowest BCUT2D eigenvalue weighted by molar-refractivity contribution is 0.102. The Hall–Kier alpha value is -2.85. The van der Waals surface area contributed by atoms with Crippen molar-refractivity contribution >= 4 is 11.9 Å². The van der Waals surface area contributed by atoms with Crippen LogP contribution < -0.4 is 4.74 Å². The monoisotopic (exact) mass is 417 g/mol. The van der Waals surface area contributed by atoms with E-state index >= 15 is 0 Å². The van der Waals surface area contributed by atoms with Gasteiger partial charge in [-0.25, -0.2) is 0 Å². The molecule has 1 aliphatic heterocycles. The molecule has 1 fully saturated rings. The summed E-state index contributed by atoms with van der Waals surface area (Å²) < 4.78 is 5.91. The lowest BCUT2D eigenvalue weighted by Gasteiger charge is -2.26. The highest BCUT2D eigenvalue weighted by atomic mass is 16.5. The van der Waals surface area contributed by atoms with E-state index in [1.807, 2.05) is 48.5 Å². The molecule has 2 aromatic rings. The van der Waals surface area contributed by atoms with E-state index < -0.39 is 0 Å². The Balaban J connectivity index is 1.39. The highest BCUT2D eigenvalue weighted by Crippen LogP contribution is 2.31. The van der Waals surface area contributed by atoms with E-state index in [0.29, 0.717) is 24.2 Å². The zero-order valence-electron chi connectivity index (χ0n) is 18.1. The Morgan fingerprint density at radius 3 is 2.42 bits per heavy atom. The van der Waals surface area contributed by atoms with Crippen molar-refractivity contribution in [3.8, 4) is 5.75 Å².